The molecule has 0 aliphatic heterocycles. The molecule has 1 aromatic carbocycles. The highest BCUT2D eigenvalue weighted by molar-refractivity contribution is 5.97. The third-order valence-corrected chi connectivity index (χ3v) is 2.78. The van der Waals surface area contributed by atoms with E-state index >= 15 is 0 Å². The van der Waals surface area contributed by atoms with Gasteiger partial charge >= 0.3 is 0 Å². The van der Waals surface area contributed by atoms with E-state index in [2.05, 4.69) is 26.0 Å². The van der Waals surface area contributed by atoms with E-state index in [0.717, 1.165) is 18.4 Å². The third-order valence-electron chi connectivity index (χ3n) is 2.78. The summed E-state index contributed by atoms with van der Waals surface area (Å²) in [6.07, 6.45) is 2.04. The van der Waals surface area contributed by atoms with Gasteiger partial charge in [0.1, 0.15) is 0 Å². The molecule has 0 saturated carbocycles. The Morgan fingerprint density at radius 3 is 2.20 bits per heavy atom. The second kappa shape index (κ2) is 5.11. The van der Waals surface area contributed by atoms with Gasteiger partial charge in [-0.1, -0.05) is 39.8 Å². The maximum Gasteiger partial charge on any atom is 0.165 e. The zero-order valence-corrected chi connectivity index (χ0v) is 10.1. The van der Waals surface area contributed by atoms with Crippen LogP contribution in [0, 0.1) is 5.92 Å². The van der Waals surface area contributed by atoms with E-state index in [9.17, 15) is 4.79 Å². The third kappa shape index (κ3) is 2.68. The minimum absolute atomic E-state index is 0.0854. The van der Waals surface area contributed by atoms with Crippen LogP contribution in [0.25, 0.3) is 0 Å². The topological polar surface area (TPSA) is 17.1 Å². The van der Waals surface area contributed by atoms with Crippen LogP contribution < -0.4 is 0 Å². The van der Waals surface area contributed by atoms with Crippen molar-refractivity contribution in [3.63, 3.8) is 0 Å². The van der Waals surface area contributed by atoms with Gasteiger partial charge in [0.15, 0.2) is 5.78 Å². The first-order valence-corrected chi connectivity index (χ1v) is 5.76. The molecule has 0 unspecified atom stereocenters. The Balaban J connectivity index is 3.08. The summed E-state index contributed by atoms with van der Waals surface area (Å²) in [5.74, 6) is 0.328. The normalized spacial score (nSPS) is 10.7. The SMILES string of the molecule is CCc1ccc(C(=O)C(C)C)cc1CC. The smallest absolute Gasteiger partial charge is 0.165 e. The Labute approximate surface area is 92.5 Å². The Morgan fingerprint density at radius 2 is 1.73 bits per heavy atom. The maximum atomic E-state index is 11.8. The average molecular weight is 204 g/mol. The van der Waals surface area contributed by atoms with Crippen LogP contribution in [-0.4, -0.2) is 5.78 Å². The molecule has 0 fully saturated rings. The van der Waals surface area contributed by atoms with Crippen LogP contribution in [0.2, 0.25) is 0 Å². The number of hydrogen-bond acceptors (Lipinski definition) is 1. The van der Waals surface area contributed by atoms with Crippen molar-refractivity contribution in [2.24, 2.45) is 5.92 Å². The van der Waals surface area contributed by atoms with Crippen molar-refractivity contribution in [3.8, 4) is 0 Å². The highest BCUT2D eigenvalue weighted by Gasteiger charge is 2.11. The molecule has 0 aliphatic carbocycles. The molecule has 1 rings (SSSR count). The summed E-state index contributed by atoms with van der Waals surface area (Å²) in [5, 5.41) is 0. The highest BCUT2D eigenvalue weighted by Crippen LogP contribution is 2.16. The maximum absolute atomic E-state index is 11.8. The molecular weight excluding hydrogens is 184 g/mol. The quantitative estimate of drug-likeness (QED) is 0.684. The van der Waals surface area contributed by atoms with Crippen LogP contribution in [-0.2, 0) is 12.8 Å². The number of carbonyl (C=O) groups is 1. The molecule has 0 amide bonds. The molecule has 0 bridgehead atoms. The largest absolute Gasteiger partial charge is 0.294 e. The molecule has 1 aromatic rings. The Morgan fingerprint density at radius 1 is 1.13 bits per heavy atom. The number of rotatable bonds is 4. The molecular formula is C14H20O. The van der Waals surface area contributed by atoms with Gasteiger partial charge in [-0.2, -0.15) is 0 Å². The minimum Gasteiger partial charge on any atom is -0.294 e. The molecule has 0 radical (unpaired) electrons. The van der Waals surface area contributed by atoms with Gasteiger partial charge in [0, 0.05) is 11.5 Å². The molecule has 15 heavy (non-hydrogen) atoms. The number of aryl methyl sites for hydroxylation is 2. The van der Waals surface area contributed by atoms with Crippen molar-refractivity contribution in [2.75, 3.05) is 0 Å². The zero-order chi connectivity index (χ0) is 11.4. The monoisotopic (exact) mass is 204 g/mol. The summed E-state index contributed by atoms with van der Waals surface area (Å²) >= 11 is 0. The van der Waals surface area contributed by atoms with E-state index < -0.39 is 0 Å². The zero-order valence-electron chi connectivity index (χ0n) is 10.1. The predicted octanol–water partition coefficient (Wildman–Crippen LogP) is 3.65. The fraction of sp³-hybridized carbons (Fsp3) is 0.500. The first kappa shape index (κ1) is 12.0. The van der Waals surface area contributed by atoms with Crippen molar-refractivity contribution in [3.05, 3.63) is 34.9 Å². The molecule has 1 heteroatoms. The number of carbonyl (C=O) groups excluding carboxylic acids is 1. The van der Waals surface area contributed by atoms with Crippen LogP contribution in [0.4, 0.5) is 0 Å². The molecule has 0 saturated heterocycles. The Kier molecular flexibility index (Phi) is 4.07. The van der Waals surface area contributed by atoms with Crippen molar-refractivity contribution >= 4 is 5.78 Å². The molecule has 82 valence electrons. The molecule has 0 spiro atoms. The van der Waals surface area contributed by atoms with Gasteiger partial charge in [0.25, 0.3) is 0 Å². The van der Waals surface area contributed by atoms with Crippen molar-refractivity contribution < 1.29 is 4.79 Å². The second-order valence-corrected chi connectivity index (χ2v) is 4.21. The van der Waals surface area contributed by atoms with Crippen LogP contribution in [0.3, 0.4) is 0 Å². The standard InChI is InChI=1S/C14H20O/c1-5-11-7-8-13(9-12(11)6-2)14(15)10(3)4/h7-10H,5-6H2,1-4H3. The number of ketones is 1. The number of benzene rings is 1. The second-order valence-electron chi connectivity index (χ2n) is 4.21. The van der Waals surface area contributed by atoms with Crippen LogP contribution in [0.1, 0.15) is 49.2 Å². The Bertz CT molecular complexity index is 350. The molecule has 0 N–H and O–H groups in total. The fourth-order valence-corrected chi connectivity index (χ4v) is 1.79. The van der Waals surface area contributed by atoms with Gasteiger partial charge < -0.3 is 0 Å². The van der Waals surface area contributed by atoms with Crippen molar-refractivity contribution in [1.29, 1.82) is 0 Å². The number of Topliss-reactive ketones (excluding diaryl/α,β-unsaturated/α-hetero) is 1. The number of hydrogen-bond donors (Lipinski definition) is 0. The van der Waals surface area contributed by atoms with Crippen molar-refractivity contribution in [2.45, 2.75) is 40.5 Å². The van der Waals surface area contributed by atoms with Gasteiger partial charge in [0.05, 0.1) is 0 Å². The first-order chi connectivity index (χ1) is 7.10. The minimum atomic E-state index is 0.0854. The molecule has 0 atom stereocenters. The van der Waals surface area contributed by atoms with Gasteiger partial charge in [-0.15, -0.1) is 0 Å². The van der Waals surface area contributed by atoms with E-state index in [1.807, 2.05) is 19.9 Å². The van der Waals surface area contributed by atoms with E-state index in [1.54, 1.807) is 0 Å². The van der Waals surface area contributed by atoms with Gasteiger partial charge in [0.2, 0.25) is 0 Å². The first-order valence-electron chi connectivity index (χ1n) is 5.76. The molecule has 0 aliphatic rings. The lowest BCUT2D eigenvalue weighted by Gasteiger charge is -2.09. The van der Waals surface area contributed by atoms with Crippen LogP contribution >= 0.6 is 0 Å². The summed E-state index contributed by atoms with van der Waals surface area (Å²) in [7, 11) is 0. The van der Waals surface area contributed by atoms with Gasteiger partial charge in [-0.05, 0) is 30.0 Å². The van der Waals surface area contributed by atoms with Gasteiger partial charge in [-0.3, -0.25) is 4.79 Å². The fourth-order valence-electron chi connectivity index (χ4n) is 1.79. The highest BCUT2D eigenvalue weighted by atomic mass is 16.1. The molecule has 0 aromatic heterocycles. The Hall–Kier alpha value is -1.11. The summed E-state index contributed by atoms with van der Waals surface area (Å²) < 4.78 is 0. The summed E-state index contributed by atoms with van der Waals surface area (Å²) in [6.45, 7) is 8.18. The molecule has 1 nitrogen and oxygen atoms in total. The lowest BCUT2D eigenvalue weighted by atomic mass is 9.95. The lowest BCUT2D eigenvalue weighted by molar-refractivity contribution is 0.0939. The average Bonchev–Trinajstić information content (AvgIpc) is 2.26. The van der Waals surface area contributed by atoms with E-state index in [4.69, 9.17) is 0 Å². The van der Waals surface area contributed by atoms with E-state index in [-0.39, 0.29) is 11.7 Å². The predicted molar refractivity (Wildman–Crippen MR) is 64.4 cm³/mol. The lowest BCUT2D eigenvalue weighted by Crippen LogP contribution is -2.08. The molecule has 0 heterocycles. The van der Waals surface area contributed by atoms with Crippen LogP contribution in [0.5, 0.6) is 0 Å². The van der Waals surface area contributed by atoms with E-state index in [1.165, 1.54) is 11.1 Å². The van der Waals surface area contributed by atoms with E-state index in [0.29, 0.717) is 0 Å². The van der Waals surface area contributed by atoms with Crippen molar-refractivity contribution in [1.82, 2.24) is 0 Å². The summed E-state index contributed by atoms with van der Waals surface area (Å²) in [4.78, 5) is 11.8. The van der Waals surface area contributed by atoms with Crippen LogP contribution in [0.15, 0.2) is 18.2 Å². The summed E-state index contributed by atoms with van der Waals surface area (Å²) in [5.41, 5.74) is 3.53. The van der Waals surface area contributed by atoms with Gasteiger partial charge in [-0.25, -0.2) is 0 Å². The summed E-state index contributed by atoms with van der Waals surface area (Å²) in [6, 6.07) is 6.11.